The van der Waals surface area contributed by atoms with Crippen molar-refractivity contribution >= 4 is 29.0 Å². The monoisotopic (exact) mass is 441 g/mol. The maximum Gasteiger partial charge on any atom is 0.262 e. The van der Waals surface area contributed by atoms with Crippen molar-refractivity contribution in [2.75, 3.05) is 0 Å². The Kier molecular flexibility index (Phi) is 6.14. The first-order valence-electron chi connectivity index (χ1n) is 10.3. The van der Waals surface area contributed by atoms with E-state index in [9.17, 15) is 9.59 Å². The van der Waals surface area contributed by atoms with Gasteiger partial charge in [-0.15, -0.1) is 6.58 Å². The van der Waals surface area contributed by atoms with Crippen molar-refractivity contribution < 1.29 is 4.79 Å². The second-order valence-electron chi connectivity index (χ2n) is 7.58. The van der Waals surface area contributed by atoms with E-state index in [0.29, 0.717) is 27.8 Å². The number of carbonyl (C=O) groups excluding carboxylic acids is 1. The SMILES string of the molecule is C=CCn1c(=S)[nH]c2cc(C(=O)NC(C)c3ccc(-c4ccccc4)cc3)ccc2c1=O. The van der Waals surface area contributed by atoms with Crippen LogP contribution in [0.4, 0.5) is 0 Å². The average Bonchev–Trinajstić information content (AvgIpc) is 2.82. The van der Waals surface area contributed by atoms with Crippen molar-refractivity contribution in [1.82, 2.24) is 14.9 Å². The smallest absolute Gasteiger partial charge is 0.262 e. The van der Waals surface area contributed by atoms with E-state index in [0.717, 1.165) is 16.7 Å². The van der Waals surface area contributed by atoms with Crippen molar-refractivity contribution in [3.8, 4) is 11.1 Å². The van der Waals surface area contributed by atoms with Gasteiger partial charge in [-0.05, 0) is 54.0 Å². The third kappa shape index (κ3) is 4.31. The van der Waals surface area contributed by atoms with Gasteiger partial charge in [-0.1, -0.05) is 60.7 Å². The van der Waals surface area contributed by atoms with E-state index in [1.165, 1.54) is 4.57 Å². The average molecular weight is 442 g/mol. The van der Waals surface area contributed by atoms with Crippen LogP contribution in [0.1, 0.15) is 28.9 Å². The molecule has 32 heavy (non-hydrogen) atoms. The Morgan fingerprint density at radius 3 is 2.47 bits per heavy atom. The molecular weight excluding hydrogens is 418 g/mol. The lowest BCUT2D eigenvalue weighted by Crippen LogP contribution is -2.27. The maximum atomic E-state index is 12.9. The number of fused-ring (bicyclic) bond motifs is 1. The van der Waals surface area contributed by atoms with E-state index in [-0.39, 0.29) is 17.5 Å². The normalized spacial score (nSPS) is 11.8. The summed E-state index contributed by atoms with van der Waals surface area (Å²) >= 11 is 5.28. The molecule has 0 spiro atoms. The van der Waals surface area contributed by atoms with Gasteiger partial charge in [0.2, 0.25) is 0 Å². The Morgan fingerprint density at radius 1 is 1.09 bits per heavy atom. The van der Waals surface area contributed by atoms with Gasteiger partial charge in [0.1, 0.15) is 0 Å². The lowest BCUT2D eigenvalue weighted by molar-refractivity contribution is 0.0940. The number of nitrogens with one attached hydrogen (secondary N) is 2. The number of nitrogens with zero attached hydrogens (tertiary/aromatic N) is 1. The highest BCUT2D eigenvalue weighted by Crippen LogP contribution is 2.22. The summed E-state index contributed by atoms with van der Waals surface area (Å²) < 4.78 is 1.73. The summed E-state index contributed by atoms with van der Waals surface area (Å²) in [6, 6.07) is 23.1. The summed E-state index contributed by atoms with van der Waals surface area (Å²) in [5, 5.41) is 3.50. The molecule has 0 aliphatic carbocycles. The van der Waals surface area contributed by atoms with E-state index < -0.39 is 0 Å². The summed E-state index contributed by atoms with van der Waals surface area (Å²) in [5.74, 6) is -0.221. The van der Waals surface area contributed by atoms with Crippen LogP contribution in [0.15, 0.2) is 90.2 Å². The molecule has 0 saturated carbocycles. The number of aromatic amines is 1. The second-order valence-corrected chi connectivity index (χ2v) is 7.96. The Labute approximate surface area is 191 Å². The number of aromatic nitrogens is 2. The van der Waals surface area contributed by atoms with Crippen molar-refractivity contribution in [2.45, 2.75) is 19.5 Å². The lowest BCUT2D eigenvalue weighted by Gasteiger charge is -2.15. The number of allylic oxidation sites excluding steroid dienone is 1. The molecule has 0 bridgehead atoms. The van der Waals surface area contributed by atoms with Crippen LogP contribution in [0.3, 0.4) is 0 Å². The molecule has 1 unspecified atom stereocenters. The van der Waals surface area contributed by atoms with Crippen LogP contribution in [0.2, 0.25) is 0 Å². The highest BCUT2D eigenvalue weighted by Gasteiger charge is 2.14. The number of H-pyrrole nitrogens is 1. The number of amides is 1. The fourth-order valence-electron chi connectivity index (χ4n) is 3.65. The molecule has 0 saturated heterocycles. The molecule has 1 heterocycles. The highest BCUT2D eigenvalue weighted by atomic mass is 32.1. The third-order valence-electron chi connectivity index (χ3n) is 5.42. The molecule has 1 aromatic heterocycles. The molecule has 0 fully saturated rings. The van der Waals surface area contributed by atoms with Gasteiger partial charge in [0.25, 0.3) is 11.5 Å². The van der Waals surface area contributed by atoms with Crippen LogP contribution >= 0.6 is 12.2 Å². The zero-order valence-corrected chi connectivity index (χ0v) is 18.5. The Balaban J connectivity index is 1.54. The highest BCUT2D eigenvalue weighted by molar-refractivity contribution is 7.71. The molecule has 1 atom stereocenters. The van der Waals surface area contributed by atoms with E-state index in [1.807, 2.05) is 37.3 Å². The van der Waals surface area contributed by atoms with E-state index >= 15 is 0 Å². The van der Waals surface area contributed by atoms with E-state index in [2.05, 4.69) is 41.1 Å². The van der Waals surface area contributed by atoms with Gasteiger partial charge < -0.3 is 10.3 Å². The number of hydrogen-bond donors (Lipinski definition) is 2. The number of benzene rings is 3. The molecular formula is C26H23N3O2S. The molecule has 4 rings (SSSR count). The minimum absolute atomic E-state index is 0.179. The molecule has 1 amide bonds. The molecule has 2 N–H and O–H groups in total. The minimum atomic E-state index is -0.221. The summed E-state index contributed by atoms with van der Waals surface area (Å²) in [4.78, 5) is 28.5. The van der Waals surface area contributed by atoms with Gasteiger partial charge in [-0.25, -0.2) is 0 Å². The van der Waals surface area contributed by atoms with E-state index in [4.69, 9.17) is 12.2 Å². The predicted octanol–water partition coefficient (Wildman–Crippen LogP) is 5.40. The van der Waals surface area contributed by atoms with Crippen LogP contribution < -0.4 is 10.9 Å². The Hall–Kier alpha value is -3.77. The summed E-state index contributed by atoms with van der Waals surface area (Å²) in [6.45, 7) is 5.92. The number of hydrogen-bond acceptors (Lipinski definition) is 3. The molecule has 160 valence electrons. The molecule has 3 aromatic carbocycles. The van der Waals surface area contributed by atoms with Gasteiger partial charge >= 0.3 is 0 Å². The number of rotatable bonds is 6. The fourth-order valence-corrected chi connectivity index (χ4v) is 3.92. The Bertz CT molecular complexity index is 1400. The van der Waals surface area contributed by atoms with Crippen molar-refractivity contribution in [3.63, 3.8) is 0 Å². The number of carbonyl (C=O) groups is 1. The zero-order chi connectivity index (χ0) is 22.7. The summed E-state index contributed by atoms with van der Waals surface area (Å²) in [6.07, 6.45) is 1.62. The van der Waals surface area contributed by atoms with Crippen LogP contribution in [-0.2, 0) is 6.54 Å². The fraction of sp³-hybridized carbons (Fsp3) is 0.115. The first-order chi connectivity index (χ1) is 15.5. The van der Waals surface area contributed by atoms with Gasteiger partial charge in [-0.2, -0.15) is 0 Å². The first-order valence-corrected chi connectivity index (χ1v) is 10.7. The predicted molar refractivity (Wildman–Crippen MR) is 131 cm³/mol. The third-order valence-corrected chi connectivity index (χ3v) is 5.74. The summed E-state index contributed by atoms with van der Waals surface area (Å²) in [5.41, 5.74) is 4.06. The first kappa shape index (κ1) is 21.5. The second kappa shape index (κ2) is 9.16. The van der Waals surface area contributed by atoms with Gasteiger partial charge in [0, 0.05) is 12.1 Å². The topological polar surface area (TPSA) is 66.9 Å². The van der Waals surface area contributed by atoms with Crippen LogP contribution in [-0.4, -0.2) is 15.5 Å². The van der Waals surface area contributed by atoms with Crippen LogP contribution in [0.5, 0.6) is 0 Å². The molecule has 5 nitrogen and oxygen atoms in total. The molecule has 0 aliphatic heterocycles. The van der Waals surface area contributed by atoms with Gasteiger partial charge in [0.05, 0.1) is 16.9 Å². The molecule has 4 aromatic rings. The molecule has 0 aliphatic rings. The van der Waals surface area contributed by atoms with Gasteiger partial charge in [-0.3, -0.25) is 14.2 Å². The van der Waals surface area contributed by atoms with Crippen molar-refractivity contribution in [1.29, 1.82) is 0 Å². The zero-order valence-electron chi connectivity index (χ0n) is 17.7. The molecule has 6 heteroatoms. The largest absolute Gasteiger partial charge is 0.346 e. The van der Waals surface area contributed by atoms with Gasteiger partial charge in [0.15, 0.2) is 4.77 Å². The van der Waals surface area contributed by atoms with Crippen molar-refractivity contribution in [2.24, 2.45) is 0 Å². The van der Waals surface area contributed by atoms with Crippen molar-refractivity contribution in [3.05, 3.63) is 112 Å². The summed E-state index contributed by atoms with van der Waals surface area (Å²) in [7, 11) is 0. The van der Waals surface area contributed by atoms with Crippen LogP contribution in [0, 0.1) is 4.77 Å². The molecule has 0 radical (unpaired) electrons. The minimum Gasteiger partial charge on any atom is -0.346 e. The standard InChI is InChI=1S/C26H23N3O2S/c1-3-15-29-25(31)22-14-13-21(16-23(22)28-26(29)32)24(30)27-17(2)18-9-11-20(12-10-18)19-7-5-4-6-8-19/h3-14,16-17H,1,15H2,2H3,(H,27,30)(H,28,32). The maximum absolute atomic E-state index is 12.9. The Morgan fingerprint density at radius 2 is 1.78 bits per heavy atom. The quantitative estimate of drug-likeness (QED) is 0.311. The van der Waals surface area contributed by atoms with Crippen LogP contribution in [0.25, 0.3) is 22.0 Å². The van der Waals surface area contributed by atoms with E-state index in [1.54, 1.807) is 24.3 Å². The lowest BCUT2D eigenvalue weighted by atomic mass is 10.0.